The van der Waals surface area contributed by atoms with Crippen LogP contribution in [0.15, 0.2) is 30.3 Å². The van der Waals surface area contributed by atoms with Crippen molar-refractivity contribution in [3.05, 3.63) is 41.5 Å². The number of aromatic carboxylic acids is 1. The number of hydrogen-bond donors (Lipinski definition) is 1. The predicted molar refractivity (Wildman–Crippen MR) is 93.6 cm³/mol. The number of hydrogen-bond acceptors (Lipinski definition) is 5. The molecule has 0 radical (unpaired) electrons. The lowest BCUT2D eigenvalue weighted by molar-refractivity contribution is -0.169. The van der Waals surface area contributed by atoms with Crippen molar-refractivity contribution in [2.75, 3.05) is 39.6 Å². The summed E-state index contributed by atoms with van der Waals surface area (Å²) in [4.78, 5) is 11.1. The molecule has 1 atom stereocenters. The van der Waals surface area contributed by atoms with E-state index in [1.165, 1.54) is 0 Å². The maximum atomic E-state index is 11.1. The Labute approximate surface area is 148 Å². The maximum Gasteiger partial charge on any atom is 0.336 e. The zero-order valence-electron chi connectivity index (χ0n) is 14.4. The monoisotopic (exact) mass is 350 g/mol. The van der Waals surface area contributed by atoms with Gasteiger partial charge < -0.3 is 24.1 Å². The minimum Gasteiger partial charge on any atom is -0.478 e. The molecule has 138 valence electrons. The van der Waals surface area contributed by atoms with Crippen LogP contribution in [0, 0.1) is 0 Å². The van der Waals surface area contributed by atoms with E-state index in [1.54, 1.807) is 36.4 Å². The number of ether oxygens (including phenoxy) is 4. The van der Waals surface area contributed by atoms with E-state index in [0.717, 1.165) is 25.9 Å². The van der Waals surface area contributed by atoms with Gasteiger partial charge in [0.2, 0.25) is 0 Å². The van der Waals surface area contributed by atoms with E-state index in [9.17, 15) is 4.79 Å². The molecule has 1 N–H and O–H groups in total. The maximum absolute atomic E-state index is 11.1. The molecule has 0 amide bonds. The van der Waals surface area contributed by atoms with Gasteiger partial charge in [-0.2, -0.15) is 0 Å². The van der Waals surface area contributed by atoms with Gasteiger partial charge in [-0.1, -0.05) is 30.4 Å². The third kappa shape index (κ3) is 7.79. The Balaban J connectivity index is 1.48. The molecule has 1 heterocycles. The van der Waals surface area contributed by atoms with Gasteiger partial charge in [0.15, 0.2) is 6.29 Å². The van der Waals surface area contributed by atoms with E-state index in [2.05, 4.69) is 0 Å². The summed E-state index contributed by atoms with van der Waals surface area (Å²) in [6.07, 6.45) is 6.70. The van der Waals surface area contributed by atoms with Gasteiger partial charge in [-0.25, -0.2) is 4.79 Å². The largest absolute Gasteiger partial charge is 0.478 e. The number of carboxylic acid groups (broad SMARTS) is 1. The molecule has 1 fully saturated rings. The molecule has 6 heteroatoms. The van der Waals surface area contributed by atoms with Gasteiger partial charge in [0.05, 0.1) is 38.6 Å². The molecule has 1 aromatic rings. The average molecular weight is 350 g/mol. The van der Waals surface area contributed by atoms with Crippen LogP contribution in [0.1, 0.15) is 35.2 Å². The number of carboxylic acids is 1. The Kier molecular flexibility index (Phi) is 9.22. The molecule has 0 spiro atoms. The highest BCUT2D eigenvalue weighted by Gasteiger charge is 2.13. The van der Waals surface area contributed by atoms with Crippen molar-refractivity contribution in [2.24, 2.45) is 0 Å². The van der Waals surface area contributed by atoms with Crippen LogP contribution in [0.5, 0.6) is 0 Å². The first-order valence-corrected chi connectivity index (χ1v) is 8.65. The van der Waals surface area contributed by atoms with Crippen molar-refractivity contribution in [3.8, 4) is 0 Å². The van der Waals surface area contributed by atoms with Crippen LogP contribution in [0.3, 0.4) is 0 Å². The topological polar surface area (TPSA) is 74.2 Å². The van der Waals surface area contributed by atoms with E-state index in [4.69, 9.17) is 24.1 Å². The van der Waals surface area contributed by atoms with Crippen LogP contribution < -0.4 is 0 Å². The minimum absolute atomic E-state index is 0.0765. The third-order valence-corrected chi connectivity index (χ3v) is 3.74. The van der Waals surface area contributed by atoms with Gasteiger partial charge in [0, 0.05) is 6.61 Å². The zero-order chi connectivity index (χ0) is 17.7. The average Bonchev–Trinajstić information content (AvgIpc) is 2.64. The lowest BCUT2D eigenvalue weighted by Crippen LogP contribution is -2.24. The molecule has 2 rings (SSSR count). The normalized spacial score (nSPS) is 17.8. The fourth-order valence-corrected chi connectivity index (χ4v) is 2.46. The molecule has 25 heavy (non-hydrogen) atoms. The van der Waals surface area contributed by atoms with Crippen molar-refractivity contribution in [2.45, 2.75) is 25.6 Å². The van der Waals surface area contributed by atoms with Crippen molar-refractivity contribution in [1.29, 1.82) is 0 Å². The Morgan fingerprint density at radius 2 is 1.96 bits per heavy atom. The minimum atomic E-state index is -0.935. The Morgan fingerprint density at radius 3 is 2.76 bits per heavy atom. The standard InChI is InChI=1S/C19H26O6/c20-19(21)17-8-2-1-6-16(17)7-5-10-22-12-13-23-14-15-25-18-9-3-4-11-24-18/h1-2,5-8,18H,3-4,9-15H2,(H,20,21)/b7-5+. The molecule has 1 saturated heterocycles. The summed E-state index contributed by atoms with van der Waals surface area (Å²) in [5.41, 5.74) is 0.945. The molecule has 6 nitrogen and oxygen atoms in total. The molecule has 0 bridgehead atoms. The van der Waals surface area contributed by atoms with E-state index in [0.29, 0.717) is 38.6 Å². The second-order valence-corrected chi connectivity index (χ2v) is 5.65. The van der Waals surface area contributed by atoms with Gasteiger partial charge in [0.1, 0.15) is 0 Å². The molecular weight excluding hydrogens is 324 g/mol. The lowest BCUT2D eigenvalue weighted by atomic mass is 10.1. The molecule has 1 aliphatic heterocycles. The van der Waals surface area contributed by atoms with E-state index in [-0.39, 0.29) is 11.9 Å². The second kappa shape index (κ2) is 11.8. The van der Waals surface area contributed by atoms with E-state index in [1.807, 2.05) is 0 Å². The van der Waals surface area contributed by atoms with Crippen LogP contribution >= 0.6 is 0 Å². The van der Waals surface area contributed by atoms with Crippen LogP contribution in [0.4, 0.5) is 0 Å². The highest BCUT2D eigenvalue weighted by atomic mass is 16.7. The molecule has 1 aliphatic rings. The third-order valence-electron chi connectivity index (χ3n) is 3.74. The quantitative estimate of drug-likeness (QED) is 0.619. The van der Waals surface area contributed by atoms with Crippen molar-refractivity contribution in [3.63, 3.8) is 0 Å². The summed E-state index contributed by atoms with van der Waals surface area (Å²) in [7, 11) is 0. The van der Waals surface area contributed by atoms with Crippen molar-refractivity contribution < 1.29 is 28.8 Å². The van der Waals surface area contributed by atoms with Gasteiger partial charge in [-0.05, 0) is 30.9 Å². The Morgan fingerprint density at radius 1 is 1.16 bits per heavy atom. The first-order valence-electron chi connectivity index (χ1n) is 8.65. The van der Waals surface area contributed by atoms with E-state index >= 15 is 0 Å². The van der Waals surface area contributed by atoms with Crippen molar-refractivity contribution >= 4 is 12.0 Å². The predicted octanol–water partition coefficient (Wildman–Crippen LogP) is 2.97. The summed E-state index contributed by atoms with van der Waals surface area (Å²) >= 11 is 0. The Bertz CT molecular complexity index is 536. The summed E-state index contributed by atoms with van der Waals surface area (Å²) in [6.45, 7) is 3.20. The first-order chi connectivity index (χ1) is 12.3. The molecular formula is C19H26O6. The lowest BCUT2D eigenvalue weighted by Gasteiger charge is -2.22. The molecule has 1 aromatic carbocycles. The van der Waals surface area contributed by atoms with Gasteiger partial charge >= 0.3 is 5.97 Å². The number of carbonyl (C=O) groups is 1. The highest BCUT2D eigenvalue weighted by Crippen LogP contribution is 2.13. The van der Waals surface area contributed by atoms with Crippen LogP contribution in [-0.4, -0.2) is 57.0 Å². The first kappa shape index (κ1) is 19.6. The summed E-state index contributed by atoms with van der Waals surface area (Å²) < 4.78 is 21.9. The van der Waals surface area contributed by atoms with Crippen LogP contribution in [0.2, 0.25) is 0 Å². The van der Waals surface area contributed by atoms with Gasteiger partial charge in [-0.3, -0.25) is 0 Å². The van der Waals surface area contributed by atoms with E-state index < -0.39 is 5.97 Å². The summed E-state index contributed by atoms with van der Waals surface area (Å²) in [6, 6.07) is 6.86. The Hall–Kier alpha value is -1.73. The number of rotatable bonds is 11. The van der Waals surface area contributed by atoms with Gasteiger partial charge in [0.25, 0.3) is 0 Å². The summed E-state index contributed by atoms with van der Waals surface area (Å²) in [5, 5.41) is 9.09. The zero-order valence-corrected chi connectivity index (χ0v) is 14.4. The highest BCUT2D eigenvalue weighted by molar-refractivity contribution is 5.92. The molecule has 1 unspecified atom stereocenters. The molecule has 0 saturated carbocycles. The molecule has 0 aliphatic carbocycles. The van der Waals surface area contributed by atoms with Crippen molar-refractivity contribution in [1.82, 2.24) is 0 Å². The van der Waals surface area contributed by atoms with Crippen LogP contribution in [0.25, 0.3) is 6.08 Å². The second-order valence-electron chi connectivity index (χ2n) is 5.65. The summed E-state index contributed by atoms with van der Waals surface area (Å²) in [5.74, 6) is -0.935. The fraction of sp³-hybridized carbons (Fsp3) is 0.526. The number of benzene rings is 1. The van der Waals surface area contributed by atoms with Crippen LogP contribution in [-0.2, 0) is 18.9 Å². The van der Waals surface area contributed by atoms with Gasteiger partial charge in [-0.15, -0.1) is 0 Å². The fourth-order valence-electron chi connectivity index (χ4n) is 2.46. The smallest absolute Gasteiger partial charge is 0.336 e. The molecule has 0 aromatic heterocycles. The SMILES string of the molecule is O=C(O)c1ccccc1/C=C/COCCOCCOC1CCCCO1.